The minimum Gasteiger partial charge on any atom is -0.508 e. The lowest BCUT2D eigenvalue weighted by molar-refractivity contribution is -0.218. The number of hydrogen-bond acceptors (Lipinski definition) is 10. The Labute approximate surface area is 173 Å². The monoisotopic (exact) mass is 428 g/mol. The molecule has 31 heavy (non-hydrogen) atoms. The molecule has 0 amide bonds. The van der Waals surface area contributed by atoms with E-state index in [4.69, 9.17) is 9.47 Å². The van der Waals surface area contributed by atoms with Crippen molar-refractivity contribution in [2.75, 3.05) is 0 Å². The number of fused-ring (bicyclic) bond motifs is 6. The summed E-state index contributed by atoms with van der Waals surface area (Å²) in [6.07, 6.45) is -1.65. The summed E-state index contributed by atoms with van der Waals surface area (Å²) in [5, 5.41) is 81.8. The summed E-state index contributed by atoms with van der Waals surface area (Å²) < 4.78 is 11.8. The van der Waals surface area contributed by atoms with E-state index in [1.807, 2.05) is 0 Å². The number of rotatable bonds is 1. The molecule has 3 aromatic carbocycles. The van der Waals surface area contributed by atoms with Crippen molar-refractivity contribution in [3.05, 3.63) is 53.1 Å². The van der Waals surface area contributed by atoms with Crippen molar-refractivity contribution in [3.63, 3.8) is 0 Å². The molecule has 2 aliphatic heterocycles. The summed E-state index contributed by atoms with van der Waals surface area (Å²) in [7, 11) is 0. The average Bonchev–Trinajstić information content (AvgIpc) is 2.66. The SMILES string of the molecule is Oc1cc(O)c2c(c1)OC1(c3cc(O)c(O)c(O)c3)Oc3cc(O)cc(O)c3C2[C@H]1O. The van der Waals surface area contributed by atoms with Crippen LogP contribution in [-0.2, 0) is 5.79 Å². The highest BCUT2D eigenvalue weighted by molar-refractivity contribution is 5.65. The summed E-state index contributed by atoms with van der Waals surface area (Å²) in [5.74, 6) is -7.34. The molecule has 0 radical (unpaired) electrons. The van der Waals surface area contributed by atoms with Gasteiger partial charge in [0.25, 0.3) is 0 Å². The molecular weight excluding hydrogens is 412 g/mol. The molecule has 10 heteroatoms. The molecule has 3 aromatic rings. The quantitative estimate of drug-likeness (QED) is 0.266. The van der Waals surface area contributed by atoms with Gasteiger partial charge in [0.1, 0.15) is 40.6 Å². The van der Waals surface area contributed by atoms with Gasteiger partial charge in [-0.15, -0.1) is 0 Å². The Bertz CT molecular complexity index is 1170. The number of phenolic OH excluding ortho intramolecular Hbond substituents is 7. The van der Waals surface area contributed by atoms with Crippen molar-refractivity contribution < 1.29 is 50.3 Å². The molecule has 0 aliphatic carbocycles. The van der Waals surface area contributed by atoms with Crippen LogP contribution in [-0.4, -0.2) is 47.0 Å². The van der Waals surface area contributed by atoms with Crippen LogP contribution in [0.3, 0.4) is 0 Å². The molecule has 5 rings (SSSR count). The maximum atomic E-state index is 11.3. The number of hydrogen-bond donors (Lipinski definition) is 8. The van der Waals surface area contributed by atoms with Crippen molar-refractivity contribution in [1.29, 1.82) is 0 Å². The predicted octanol–water partition coefficient (Wildman–Crippen LogP) is 1.76. The molecular formula is C21H16O10. The molecule has 0 saturated heterocycles. The van der Waals surface area contributed by atoms with Gasteiger partial charge in [-0.3, -0.25) is 0 Å². The van der Waals surface area contributed by atoms with Crippen LogP contribution in [0.15, 0.2) is 36.4 Å². The van der Waals surface area contributed by atoms with Gasteiger partial charge < -0.3 is 50.3 Å². The largest absolute Gasteiger partial charge is 0.508 e. The zero-order chi connectivity index (χ0) is 22.2. The van der Waals surface area contributed by atoms with Crippen molar-refractivity contribution in [3.8, 4) is 51.7 Å². The third kappa shape index (κ3) is 2.42. The second-order valence-electron chi connectivity index (χ2n) is 7.41. The fourth-order valence-electron chi connectivity index (χ4n) is 4.23. The number of benzene rings is 3. The minimum absolute atomic E-state index is 0.0405. The summed E-state index contributed by atoms with van der Waals surface area (Å²) in [5.41, 5.74) is -0.0443. The highest BCUT2D eigenvalue weighted by atomic mass is 16.7. The lowest BCUT2D eigenvalue weighted by atomic mass is 9.75. The third-order valence-electron chi connectivity index (χ3n) is 5.53. The van der Waals surface area contributed by atoms with Gasteiger partial charge in [0, 0.05) is 41.0 Å². The van der Waals surface area contributed by atoms with Gasteiger partial charge in [0.15, 0.2) is 17.2 Å². The van der Waals surface area contributed by atoms with Crippen molar-refractivity contribution >= 4 is 0 Å². The first kappa shape index (κ1) is 18.8. The van der Waals surface area contributed by atoms with Crippen molar-refractivity contribution in [2.45, 2.75) is 17.8 Å². The molecule has 2 bridgehead atoms. The lowest BCUT2D eigenvalue weighted by Gasteiger charge is -2.49. The Kier molecular flexibility index (Phi) is 3.60. The molecule has 2 aliphatic rings. The molecule has 8 N–H and O–H groups in total. The van der Waals surface area contributed by atoms with Gasteiger partial charge in [-0.2, -0.15) is 0 Å². The Morgan fingerprint density at radius 3 is 1.52 bits per heavy atom. The fourth-order valence-corrected chi connectivity index (χ4v) is 4.23. The van der Waals surface area contributed by atoms with Crippen LogP contribution in [0.25, 0.3) is 0 Å². The second-order valence-corrected chi connectivity index (χ2v) is 7.41. The molecule has 1 atom stereocenters. The zero-order valence-corrected chi connectivity index (χ0v) is 15.5. The van der Waals surface area contributed by atoms with E-state index < -0.39 is 46.6 Å². The van der Waals surface area contributed by atoms with E-state index in [1.54, 1.807) is 0 Å². The van der Waals surface area contributed by atoms with E-state index in [2.05, 4.69) is 0 Å². The zero-order valence-electron chi connectivity index (χ0n) is 15.5. The van der Waals surface area contributed by atoms with Gasteiger partial charge >= 0.3 is 5.79 Å². The Hall–Kier alpha value is -4.18. The summed E-state index contributed by atoms with van der Waals surface area (Å²) in [6, 6.07) is 6.38. The van der Waals surface area contributed by atoms with Gasteiger partial charge in [0.2, 0.25) is 0 Å². The Morgan fingerprint density at radius 1 is 0.613 bits per heavy atom. The predicted molar refractivity (Wildman–Crippen MR) is 102 cm³/mol. The molecule has 160 valence electrons. The fraction of sp³-hybridized carbons (Fsp3) is 0.143. The van der Waals surface area contributed by atoms with Gasteiger partial charge in [-0.05, 0) is 12.1 Å². The van der Waals surface area contributed by atoms with Crippen LogP contribution in [0.4, 0.5) is 0 Å². The molecule has 2 heterocycles. The van der Waals surface area contributed by atoms with Gasteiger partial charge in [0.05, 0.1) is 5.92 Å². The van der Waals surface area contributed by atoms with Gasteiger partial charge in [-0.1, -0.05) is 0 Å². The molecule has 0 unspecified atom stereocenters. The van der Waals surface area contributed by atoms with Crippen LogP contribution in [0, 0.1) is 0 Å². The van der Waals surface area contributed by atoms with Crippen LogP contribution < -0.4 is 9.47 Å². The Balaban J connectivity index is 1.86. The van der Waals surface area contributed by atoms with Crippen LogP contribution in [0.1, 0.15) is 22.6 Å². The first-order chi connectivity index (χ1) is 14.6. The number of aromatic hydroxyl groups is 7. The average molecular weight is 428 g/mol. The molecule has 0 saturated carbocycles. The number of ether oxygens (including phenoxy) is 2. The first-order valence-electron chi connectivity index (χ1n) is 9.05. The van der Waals surface area contributed by atoms with Gasteiger partial charge in [-0.25, -0.2) is 0 Å². The highest BCUT2D eigenvalue weighted by Gasteiger charge is 2.59. The highest BCUT2D eigenvalue weighted by Crippen LogP contribution is 2.60. The van der Waals surface area contributed by atoms with E-state index in [0.717, 1.165) is 36.4 Å². The maximum Gasteiger partial charge on any atom is 0.305 e. The standard InChI is InChI=1S/C21H16O10/c22-8-3-10(24)16-14(5-8)30-21(7-1-12(26)19(28)13(27)2-7)20(29)18(16)17-11(25)4-9(23)6-15(17)31-21/h1-6,18,20,22-29H/t18?,20-,21?/m1/s1. The third-order valence-corrected chi connectivity index (χ3v) is 5.53. The molecule has 0 spiro atoms. The number of aliphatic hydroxyl groups excluding tert-OH is 1. The molecule has 10 nitrogen and oxygen atoms in total. The summed E-state index contributed by atoms with van der Waals surface area (Å²) >= 11 is 0. The van der Waals surface area contributed by atoms with Crippen LogP contribution in [0.5, 0.6) is 51.7 Å². The maximum absolute atomic E-state index is 11.3. The normalized spacial score (nSPS) is 23.3. The minimum atomic E-state index is -2.16. The second kappa shape index (κ2) is 5.92. The summed E-state index contributed by atoms with van der Waals surface area (Å²) in [4.78, 5) is 0. The number of phenols is 7. The van der Waals surface area contributed by atoms with E-state index in [1.165, 1.54) is 0 Å². The van der Waals surface area contributed by atoms with Crippen molar-refractivity contribution in [2.24, 2.45) is 0 Å². The van der Waals surface area contributed by atoms with E-state index in [0.29, 0.717) is 0 Å². The van der Waals surface area contributed by atoms with E-state index >= 15 is 0 Å². The van der Waals surface area contributed by atoms with Crippen LogP contribution >= 0.6 is 0 Å². The van der Waals surface area contributed by atoms with Crippen LogP contribution in [0.2, 0.25) is 0 Å². The molecule has 0 aromatic heterocycles. The van der Waals surface area contributed by atoms with E-state index in [9.17, 15) is 40.9 Å². The Morgan fingerprint density at radius 2 is 1.06 bits per heavy atom. The topological polar surface area (TPSA) is 180 Å². The smallest absolute Gasteiger partial charge is 0.305 e. The van der Waals surface area contributed by atoms with E-state index in [-0.39, 0.29) is 39.7 Å². The number of aliphatic hydroxyl groups is 1. The molecule has 0 fully saturated rings. The van der Waals surface area contributed by atoms with Crippen molar-refractivity contribution in [1.82, 2.24) is 0 Å². The lowest BCUT2D eigenvalue weighted by Crippen LogP contribution is -2.57. The summed E-state index contributed by atoms with van der Waals surface area (Å²) in [6.45, 7) is 0. The first-order valence-corrected chi connectivity index (χ1v) is 9.05.